The molecule has 0 aliphatic carbocycles. The highest BCUT2D eigenvalue weighted by Gasteiger charge is 2.43. The second-order valence-electron chi connectivity index (χ2n) is 6.16. The number of carbonyl (C=O) groups is 1. The van der Waals surface area contributed by atoms with Gasteiger partial charge in [0.1, 0.15) is 5.75 Å². The van der Waals surface area contributed by atoms with Crippen molar-refractivity contribution in [2.45, 2.75) is 44.2 Å². The number of nitrogens with two attached hydrogens (primary N) is 1. The summed E-state index contributed by atoms with van der Waals surface area (Å²) < 4.78 is 5.18. The standard InChI is InChI=1S/C17H26N2O3/c1-3-15(16(20)21)17(9-8-13(18)11-19-17)10-12-4-6-14(22-2)7-5-12/h4-7,13,15,19H,3,8-11,18H2,1-2H3,(H,20,21)/t13-,15?,17-/m1/s1. The Balaban J connectivity index is 2.25. The van der Waals surface area contributed by atoms with E-state index in [2.05, 4.69) is 5.32 Å². The minimum absolute atomic E-state index is 0.107. The molecule has 122 valence electrons. The van der Waals surface area contributed by atoms with Gasteiger partial charge in [-0.05, 0) is 43.4 Å². The molecule has 0 saturated carbocycles. The van der Waals surface area contributed by atoms with Gasteiger partial charge in [-0.15, -0.1) is 0 Å². The van der Waals surface area contributed by atoms with Gasteiger partial charge in [-0.25, -0.2) is 0 Å². The summed E-state index contributed by atoms with van der Waals surface area (Å²) in [5, 5.41) is 13.1. The third-order valence-electron chi connectivity index (χ3n) is 4.73. The molecule has 0 radical (unpaired) electrons. The highest BCUT2D eigenvalue weighted by Crippen LogP contribution is 2.33. The van der Waals surface area contributed by atoms with Crippen molar-refractivity contribution in [2.75, 3.05) is 13.7 Å². The van der Waals surface area contributed by atoms with Crippen LogP contribution >= 0.6 is 0 Å². The van der Waals surface area contributed by atoms with Crippen molar-refractivity contribution in [3.05, 3.63) is 29.8 Å². The van der Waals surface area contributed by atoms with Crippen LogP contribution in [-0.4, -0.2) is 36.3 Å². The highest BCUT2D eigenvalue weighted by molar-refractivity contribution is 5.72. The van der Waals surface area contributed by atoms with Crippen LogP contribution in [0.3, 0.4) is 0 Å². The number of hydrogen-bond donors (Lipinski definition) is 3. The number of hydrogen-bond acceptors (Lipinski definition) is 4. The Hall–Kier alpha value is -1.59. The number of carboxylic acid groups (broad SMARTS) is 1. The number of piperidine rings is 1. The normalized spacial score (nSPS) is 26.4. The van der Waals surface area contributed by atoms with Crippen LogP contribution in [0.15, 0.2) is 24.3 Å². The molecule has 0 amide bonds. The Kier molecular flexibility index (Phi) is 5.42. The SMILES string of the molecule is CCC(C(=O)O)[C@]1(Cc2ccc(OC)cc2)CC[C@@H](N)CN1. The molecule has 1 aromatic rings. The molecule has 1 aliphatic heterocycles. The summed E-state index contributed by atoms with van der Waals surface area (Å²) in [6.07, 6.45) is 2.93. The van der Waals surface area contributed by atoms with Crippen LogP contribution in [0.2, 0.25) is 0 Å². The molecule has 0 spiro atoms. The lowest BCUT2D eigenvalue weighted by Gasteiger charge is -2.44. The second-order valence-corrected chi connectivity index (χ2v) is 6.16. The van der Waals surface area contributed by atoms with Gasteiger partial charge in [0.05, 0.1) is 13.0 Å². The zero-order chi connectivity index (χ0) is 16.2. The van der Waals surface area contributed by atoms with Gasteiger partial charge in [-0.1, -0.05) is 19.1 Å². The van der Waals surface area contributed by atoms with E-state index in [0.29, 0.717) is 19.4 Å². The van der Waals surface area contributed by atoms with Crippen LogP contribution in [0.4, 0.5) is 0 Å². The van der Waals surface area contributed by atoms with E-state index in [1.54, 1.807) is 7.11 Å². The molecule has 1 fully saturated rings. The summed E-state index contributed by atoms with van der Waals surface area (Å²) in [5.41, 5.74) is 6.67. The smallest absolute Gasteiger partial charge is 0.308 e. The average molecular weight is 306 g/mol. The molecule has 4 N–H and O–H groups in total. The topological polar surface area (TPSA) is 84.6 Å². The number of aliphatic carboxylic acids is 1. The molecule has 1 heterocycles. The Labute approximate surface area is 131 Å². The first-order valence-corrected chi connectivity index (χ1v) is 7.87. The van der Waals surface area contributed by atoms with Crippen molar-refractivity contribution >= 4 is 5.97 Å². The first-order valence-electron chi connectivity index (χ1n) is 7.87. The van der Waals surface area contributed by atoms with Crippen molar-refractivity contribution in [3.63, 3.8) is 0 Å². The Morgan fingerprint density at radius 3 is 2.64 bits per heavy atom. The van der Waals surface area contributed by atoms with Gasteiger partial charge in [-0.2, -0.15) is 0 Å². The number of methoxy groups -OCH3 is 1. The fourth-order valence-electron chi connectivity index (χ4n) is 3.45. The maximum absolute atomic E-state index is 11.7. The average Bonchev–Trinajstić information content (AvgIpc) is 2.51. The van der Waals surface area contributed by atoms with E-state index < -0.39 is 17.4 Å². The maximum atomic E-state index is 11.7. The fraction of sp³-hybridized carbons (Fsp3) is 0.588. The van der Waals surface area contributed by atoms with Crippen LogP contribution in [0.25, 0.3) is 0 Å². The number of ether oxygens (including phenoxy) is 1. The minimum atomic E-state index is -0.737. The van der Waals surface area contributed by atoms with Crippen molar-refractivity contribution in [2.24, 2.45) is 11.7 Å². The molecule has 2 rings (SSSR count). The van der Waals surface area contributed by atoms with E-state index in [1.807, 2.05) is 31.2 Å². The Morgan fingerprint density at radius 1 is 1.50 bits per heavy atom. The molecule has 1 saturated heterocycles. The molecule has 1 unspecified atom stereocenters. The van der Waals surface area contributed by atoms with Gasteiger partial charge < -0.3 is 20.9 Å². The summed E-state index contributed by atoms with van der Waals surface area (Å²) >= 11 is 0. The predicted octanol–water partition coefficient (Wildman–Crippen LogP) is 1.80. The van der Waals surface area contributed by atoms with Gasteiger partial charge in [0.2, 0.25) is 0 Å². The lowest BCUT2D eigenvalue weighted by molar-refractivity contribution is -0.145. The van der Waals surface area contributed by atoms with Gasteiger partial charge in [0.25, 0.3) is 0 Å². The summed E-state index contributed by atoms with van der Waals surface area (Å²) in [6, 6.07) is 7.95. The molecule has 5 heteroatoms. The van der Waals surface area contributed by atoms with Crippen molar-refractivity contribution in [3.8, 4) is 5.75 Å². The van der Waals surface area contributed by atoms with Gasteiger partial charge >= 0.3 is 5.97 Å². The van der Waals surface area contributed by atoms with Crippen LogP contribution in [0, 0.1) is 5.92 Å². The molecule has 22 heavy (non-hydrogen) atoms. The van der Waals surface area contributed by atoms with E-state index in [1.165, 1.54) is 0 Å². The third-order valence-corrected chi connectivity index (χ3v) is 4.73. The summed E-state index contributed by atoms with van der Waals surface area (Å²) in [5.74, 6) is -0.345. The van der Waals surface area contributed by atoms with E-state index in [4.69, 9.17) is 10.5 Å². The first-order chi connectivity index (χ1) is 10.5. The quantitative estimate of drug-likeness (QED) is 0.746. The summed E-state index contributed by atoms with van der Waals surface area (Å²) in [6.45, 7) is 2.60. The fourth-order valence-corrected chi connectivity index (χ4v) is 3.45. The number of benzene rings is 1. The Bertz CT molecular complexity index is 493. The lowest BCUT2D eigenvalue weighted by atomic mass is 9.72. The molecule has 0 bridgehead atoms. The minimum Gasteiger partial charge on any atom is -0.497 e. The van der Waals surface area contributed by atoms with Crippen LogP contribution < -0.4 is 15.8 Å². The highest BCUT2D eigenvalue weighted by atomic mass is 16.5. The van der Waals surface area contributed by atoms with Crippen LogP contribution in [0.5, 0.6) is 5.75 Å². The second kappa shape index (κ2) is 7.11. The summed E-state index contributed by atoms with van der Waals surface area (Å²) in [4.78, 5) is 11.7. The van der Waals surface area contributed by atoms with Crippen molar-refractivity contribution < 1.29 is 14.6 Å². The van der Waals surface area contributed by atoms with Crippen molar-refractivity contribution in [1.82, 2.24) is 5.32 Å². The molecule has 5 nitrogen and oxygen atoms in total. The van der Waals surface area contributed by atoms with E-state index >= 15 is 0 Å². The lowest BCUT2D eigenvalue weighted by Crippen LogP contribution is -2.61. The number of nitrogens with one attached hydrogen (secondary N) is 1. The van der Waals surface area contributed by atoms with E-state index in [9.17, 15) is 9.90 Å². The van der Waals surface area contributed by atoms with Crippen molar-refractivity contribution in [1.29, 1.82) is 0 Å². The zero-order valence-electron chi connectivity index (χ0n) is 13.3. The van der Waals surface area contributed by atoms with Gasteiger partial charge in [0.15, 0.2) is 0 Å². The van der Waals surface area contributed by atoms with Gasteiger partial charge in [0, 0.05) is 18.1 Å². The van der Waals surface area contributed by atoms with Crippen LogP contribution in [0.1, 0.15) is 31.7 Å². The molecule has 3 atom stereocenters. The maximum Gasteiger partial charge on any atom is 0.308 e. The van der Waals surface area contributed by atoms with Crippen LogP contribution in [-0.2, 0) is 11.2 Å². The van der Waals surface area contributed by atoms with E-state index in [0.717, 1.165) is 24.2 Å². The Morgan fingerprint density at radius 2 is 2.18 bits per heavy atom. The summed E-state index contributed by atoms with van der Waals surface area (Å²) in [7, 11) is 1.64. The van der Waals surface area contributed by atoms with E-state index in [-0.39, 0.29) is 6.04 Å². The molecule has 1 aliphatic rings. The van der Waals surface area contributed by atoms with Gasteiger partial charge in [-0.3, -0.25) is 4.79 Å². The predicted molar refractivity (Wildman–Crippen MR) is 86.1 cm³/mol. The first kappa shape index (κ1) is 16.8. The largest absolute Gasteiger partial charge is 0.497 e. The number of rotatable bonds is 6. The molecule has 0 aromatic heterocycles. The molecular weight excluding hydrogens is 280 g/mol. The monoisotopic (exact) mass is 306 g/mol. The number of carboxylic acids is 1. The zero-order valence-corrected chi connectivity index (χ0v) is 13.3. The third kappa shape index (κ3) is 3.59. The molecule has 1 aromatic carbocycles. The molecular formula is C17H26N2O3.